The number of hydrogen-bond donors (Lipinski definition) is 2. The maximum Gasteiger partial charge on any atom is 0.254 e. The van der Waals surface area contributed by atoms with Crippen LogP contribution in [0, 0.1) is 0 Å². The topological polar surface area (TPSA) is 97.7 Å². The lowest BCUT2D eigenvalue weighted by atomic mass is 9.89. The number of aromatic nitrogens is 1. The summed E-state index contributed by atoms with van der Waals surface area (Å²) < 4.78 is 24.7. The Morgan fingerprint density at radius 2 is 1.97 bits per heavy atom. The highest BCUT2D eigenvalue weighted by atomic mass is 19.1. The molecule has 1 aliphatic heterocycles. The number of hydrogen-bond acceptors (Lipinski definition) is 4. The van der Waals surface area contributed by atoms with Gasteiger partial charge in [-0.15, -0.1) is 0 Å². The first-order valence-corrected chi connectivity index (χ1v) is 10.8. The van der Waals surface area contributed by atoms with E-state index in [1.807, 2.05) is 12.1 Å². The third kappa shape index (κ3) is 3.76. The van der Waals surface area contributed by atoms with Gasteiger partial charge in [-0.2, -0.15) is 0 Å². The van der Waals surface area contributed by atoms with Gasteiger partial charge in [0.2, 0.25) is 0 Å². The fourth-order valence-corrected chi connectivity index (χ4v) is 4.59. The van der Waals surface area contributed by atoms with E-state index in [1.165, 1.54) is 13.2 Å². The number of benzene rings is 2. The van der Waals surface area contributed by atoms with Crippen LogP contribution >= 0.6 is 0 Å². The van der Waals surface area contributed by atoms with Gasteiger partial charge in [-0.05, 0) is 48.4 Å². The summed E-state index contributed by atoms with van der Waals surface area (Å²) in [7, 11) is 1.43. The number of carbonyl (C=O) groups is 2. The summed E-state index contributed by atoms with van der Waals surface area (Å²) in [5, 5.41) is 1.67. The molecule has 1 atom stereocenters. The Balaban J connectivity index is 1.59. The minimum Gasteiger partial charge on any atom is -0.494 e. The van der Waals surface area contributed by atoms with E-state index in [1.54, 1.807) is 29.2 Å². The quantitative estimate of drug-likeness (QED) is 0.634. The van der Waals surface area contributed by atoms with Crippen LogP contribution in [0.4, 0.5) is 4.39 Å². The number of nitrogens with zero attached hydrogens (tertiary/aromatic N) is 1. The standard InChI is InChI=1S/C25H24FN3O4/c1-32-22-5-3-14(12-20(22)26)16-10-18-17-4-2-15(25(31)29-6-8-33-9-7-29)13-21(17)28-23(18)19(11-16)24(27)30/h2,4-5,10-14,28H,3,6-9H2,1H3,(H2,27,30). The fourth-order valence-electron chi connectivity index (χ4n) is 4.59. The smallest absolute Gasteiger partial charge is 0.254 e. The minimum absolute atomic E-state index is 0.0572. The number of halogens is 1. The first-order chi connectivity index (χ1) is 16.0. The molecule has 2 heterocycles. The van der Waals surface area contributed by atoms with Gasteiger partial charge in [0.1, 0.15) is 5.76 Å². The average Bonchev–Trinajstić information content (AvgIpc) is 3.21. The molecule has 2 amide bonds. The van der Waals surface area contributed by atoms with Crippen molar-refractivity contribution >= 4 is 33.6 Å². The lowest BCUT2D eigenvalue weighted by Gasteiger charge is -2.26. The van der Waals surface area contributed by atoms with Crippen LogP contribution in [-0.2, 0) is 9.47 Å². The summed E-state index contributed by atoms with van der Waals surface area (Å²) in [5.74, 6) is -1.10. The Morgan fingerprint density at radius 1 is 1.18 bits per heavy atom. The zero-order valence-electron chi connectivity index (χ0n) is 18.2. The molecule has 33 heavy (non-hydrogen) atoms. The second-order valence-corrected chi connectivity index (χ2v) is 8.27. The first-order valence-electron chi connectivity index (χ1n) is 10.8. The van der Waals surface area contributed by atoms with Crippen LogP contribution in [-0.4, -0.2) is 55.1 Å². The van der Waals surface area contributed by atoms with Crippen molar-refractivity contribution in [2.45, 2.75) is 12.3 Å². The van der Waals surface area contributed by atoms with Crippen molar-refractivity contribution in [3.05, 3.63) is 70.8 Å². The van der Waals surface area contributed by atoms with Crippen molar-refractivity contribution in [1.82, 2.24) is 9.88 Å². The molecule has 1 aliphatic carbocycles. The molecule has 170 valence electrons. The zero-order valence-corrected chi connectivity index (χ0v) is 18.2. The number of nitrogens with two attached hydrogens (primary N) is 1. The number of amides is 2. The van der Waals surface area contributed by atoms with Gasteiger partial charge < -0.3 is 25.1 Å². The van der Waals surface area contributed by atoms with Gasteiger partial charge in [0.15, 0.2) is 5.83 Å². The Bertz CT molecular complexity index is 1330. The van der Waals surface area contributed by atoms with E-state index in [0.717, 1.165) is 21.9 Å². The third-order valence-corrected chi connectivity index (χ3v) is 6.33. The normalized spacial score (nSPS) is 18.8. The van der Waals surface area contributed by atoms with E-state index >= 15 is 0 Å². The van der Waals surface area contributed by atoms with Crippen molar-refractivity contribution in [2.75, 3.05) is 33.4 Å². The van der Waals surface area contributed by atoms with Crippen LogP contribution in [0.3, 0.4) is 0 Å². The predicted molar refractivity (Wildman–Crippen MR) is 123 cm³/mol. The molecule has 1 fully saturated rings. The minimum atomic E-state index is -0.577. The van der Waals surface area contributed by atoms with Crippen LogP contribution < -0.4 is 5.73 Å². The number of rotatable bonds is 4. The summed E-state index contributed by atoms with van der Waals surface area (Å²) in [6, 6.07) is 9.11. The van der Waals surface area contributed by atoms with E-state index in [0.29, 0.717) is 49.4 Å². The molecule has 2 aromatic carbocycles. The van der Waals surface area contributed by atoms with E-state index in [4.69, 9.17) is 15.2 Å². The molecule has 7 nitrogen and oxygen atoms in total. The number of aromatic amines is 1. The highest BCUT2D eigenvalue weighted by molar-refractivity contribution is 6.16. The maximum absolute atomic E-state index is 14.3. The molecule has 3 N–H and O–H groups in total. The first kappa shape index (κ1) is 21.2. The molecular weight excluding hydrogens is 425 g/mol. The van der Waals surface area contributed by atoms with Gasteiger partial charge in [0.05, 0.1) is 31.4 Å². The van der Waals surface area contributed by atoms with Gasteiger partial charge in [-0.1, -0.05) is 6.07 Å². The molecule has 0 saturated carbocycles. The summed E-state index contributed by atoms with van der Waals surface area (Å²) in [4.78, 5) is 30.2. The van der Waals surface area contributed by atoms with Crippen LogP contribution in [0.1, 0.15) is 38.6 Å². The molecule has 3 aromatic rings. The number of ether oxygens (including phenoxy) is 2. The largest absolute Gasteiger partial charge is 0.494 e. The number of primary amides is 1. The van der Waals surface area contributed by atoms with Gasteiger partial charge in [0, 0.05) is 40.9 Å². The van der Waals surface area contributed by atoms with Crippen molar-refractivity contribution in [3.63, 3.8) is 0 Å². The summed E-state index contributed by atoms with van der Waals surface area (Å²) in [6.07, 6.45) is 3.74. The highest BCUT2D eigenvalue weighted by Gasteiger charge is 2.23. The lowest BCUT2D eigenvalue weighted by Crippen LogP contribution is -2.40. The SMILES string of the molecule is COC1=CCC(c2cc(C(N)=O)c3[nH]c4cc(C(=O)N5CCOCC5)ccc4c3c2)C=C1F. The molecule has 1 unspecified atom stereocenters. The van der Waals surface area contributed by atoms with Gasteiger partial charge in [-0.25, -0.2) is 4.39 Å². The van der Waals surface area contributed by atoms with Gasteiger partial charge in [0.25, 0.3) is 11.8 Å². The average molecular weight is 449 g/mol. The summed E-state index contributed by atoms with van der Waals surface area (Å²) in [5.41, 5.74) is 8.70. The second-order valence-electron chi connectivity index (χ2n) is 8.27. The molecule has 2 aliphatic rings. The van der Waals surface area contributed by atoms with Crippen LogP contribution in [0.2, 0.25) is 0 Å². The highest BCUT2D eigenvalue weighted by Crippen LogP contribution is 2.36. The fraction of sp³-hybridized carbons (Fsp3) is 0.280. The van der Waals surface area contributed by atoms with Crippen molar-refractivity contribution in [1.29, 1.82) is 0 Å². The number of H-pyrrole nitrogens is 1. The molecule has 0 spiro atoms. The van der Waals surface area contributed by atoms with Crippen LogP contribution in [0.5, 0.6) is 0 Å². The number of allylic oxidation sites excluding steroid dienone is 3. The Labute approximate surface area is 189 Å². The monoisotopic (exact) mass is 449 g/mol. The second kappa shape index (κ2) is 8.37. The summed E-state index contributed by atoms with van der Waals surface area (Å²) in [6.45, 7) is 2.18. The number of morpholine rings is 1. The van der Waals surface area contributed by atoms with Crippen molar-refractivity contribution < 1.29 is 23.5 Å². The molecule has 1 aromatic heterocycles. The Kier molecular flexibility index (Phi) is 5.38. The van der Waals surface area contributed by atoms with Crippen LogP contribution in [0.15, 0.2) is 54.1 Å². The van der Waals surface area contributed by atoms with Crippen molar-refractivity contribution in [3.8, 4) is 0 Å². The van der Waals surface area contributed by atoms with Crippen LogP contribution in [0.25, 0.3) is 21.8 Å². The Hall–Kier alpha value is -3.65. The van der Waals surface area contributed by atoms with Gasteiger partial charge >= 0.3 is 0 Å². The number of nitrogens with one attached hydrogen (secondary N) is 1. The lowest BCUT2D eigenvalue weighted by molar-refractivity contribution is 0.0303. The summed E-state index contributed by atoms with van der Waals surface area (Å²) >= 11 is 0. The van der Waals surface area contributed by atoms with E-state index in [-0.39, 0.29) is 17.6 Å². The molecule has 5 rings (SSSR count). The number of carbonyl (C=O) groups excluding carboxylic acids is 2. The zero-order chi connectivity index (χ0) is 23.1. The molecule has 0 radical (unpaired) electrons. The Morgan fingerprint density at radius 3 is 2.67 bits per heavy atom. The predicted octanol–water partition coefficient (Wildman–Crippen LogP) is 3.76. The van der Waals surface area contributed by atoms with E-state index in [9.17, 15) is 14.0 Å². The van der Waals surface area contributed by atoms with E-state index < -0.39 is 11.7 Å². The molecule has 1 saturated heterocycles. The van der Waals surface area contributed by atoms with Gasteiger partial charge in [-0.3, -0.25) is 9.59 Å². The molecule has 0 bridgehead atoms. The number of methoxy groups -OCH3 is 1. The molecular formula is C25H24FN3O4. The van der Waals surface area contributed by atoms with Crippen molar-refractivity contribution in [2.24, 2.45) is 5.73 Å². The maximum atomic E-state index is 14.3. The number of fused-ring (bicyclic) bond motifs is 3. The molecule has 8 heteroatoms. The third-order valence-electron chi connectivity index (χ3n) is 6.33. The van der Waals surface area contributed by atoms with E-state index in [2.05, 4.69) is 4.98 Å².